The van der Waals surface area contributed by atoms with Crippen molar-refractivity contribution in [1.82, 2.24) is 0 Å². The molecule has 0 aliphatic heterocycles. The van der Waals surface area contributed by atoms with Crippen molar-refractivity contribution in [3.8, 4) is 11.1 Å². The van der Waals surface area contributed by atoms with Crippen LogP contribution in [0.2, 0.25) is 0 Å². The topological polar surface area (TPSA) is 13.1 Å². The molecule has 1 aromatic heterocycles. The first-order chi connectivity index (χ1) is 17.3. The molecule has 0 amide bonds. The van der Waals surface area contributed by atoms with Gasteiger partial charge in [-0.05, 0) is 59.6 Å². The molecule has 5 rings (SSSR count). The molecule has 0 saturated carbocycles. The zero-order valence-electron chi connectivity index (χ0n) is 22.5. The average Bonchev–Trinajstić information content (AvgIpc) is 3.35. The van der Waals surface area contributed by atoms with Crippen LogP contribution in [0.5, 0.6) is 0 Å². The van der Waals surface area contributed by atoms with Gasteiger partial charge in [0.15, 0.2) is 0 Å². The fourth-order valence-corrected chi connectivity index (χ4v) is 3.56. The lowest BCUT2D eigenvalue weighted by Crippen LogP contribution is -1.80. The highest BCUT2D eigenvalue weighted by Gasteiger charge is 2.05. The van der Waals surface area contributed by atoms with Gasteiger partial charge in [-0.1, -0.05) is 120 Å². The summed E-state index contributed by atoms with van der Waals surface area (Å²) in [5, 5.41) is 2.44. The Kier molecular flexibility index (Phi) is 15.0. The molecule has 0 aliphatic carbocycles. The number of hydrogen-bond donors (Lipinski definition) is 1. The number of benzene rings is 4. The summed E-state index contributed by atoms with van der Waals surface area (Å²) in [5.74, 6) is 0. The third-order valence-electron chi connectivity index (χ3n) is 5.32. The summed E-state index contributed by atoms with van der Waals surface area (Å²) in [7, 11) is 0. The van der Waals surface area contributed by atoms with Crippen LogP contribution in [0.15, 0.2) is 101 Å². The van der Waals surface area contributed by atoms with Gasteiger partial charge in [0.05, 0.1) is 0 Å². The van der Waals surface area contributed by atoms with Crippen LogP contribution in [-0.2, 0) is 12.8 Å². The van der Waals surface area contributed by atoms with Crippen molar-refractivity contribution < 1.29 is 4.42 Å². The molecule has 0 bridgehead atoms. The van der Waals surface area contributed by atoms with Crippen LogP contribution in [-0.4, -0.2) is 6.26 Å². The zero-order valence-corrected chi connectivity index (χ0v) is 23.4. The third kappa shape index (κ3) is 8.64. The summed E-state index contributed by atoms with van der Waals surface area (Å²) in [5.41, 5.74) is 7.28. The van der Waals surface area contributed by atoms with Crippen LogP contribution < -0.4 is 0 Å². The summed E-state index contributed by atoms with van der Waals surface area (Å²) in [4.78, 5) is 0. The molecule has 0 unspecified atom stereocenters. The van der Waals surface area contributed by atoms with E-state index in [2.05, 4.69) is 105 Å². The van der Waals surface area contributed by atoms with Crippen LogP contribution in [0.1, 0.15) is 52.7 Å². The Balaban J connectivity index is 0.000000290. The second kappa shape index (κ2) is 17.5. The van der Waals surface area contributed by atoms with E-state index in [4.69, 9.17) is 4.42 Å². The van der Waals surface area contributed by atoms with Crippen molar-refractivity contribution in [2.75, 3.05) is 6.26 Å². The standard InChI is InChI=1S/C14H12O.C14H14.2C2H6.CH4S/c1-2-10-7-8-14-12(9-10)11-5-3-4-6-13(11)15-14;1-2-12-8-10-14(11-9-12)13-6-4-3-5-7-13;3*1-2/h3-9H,2H2,1H3;3-11H,2H2,1H3;2*1-2H3;2H,1H3. The largest absolute Gasteiger partial charge is 0.456 e. The van der Waals surface area contributed by atoms with E-state index >= 15 is 0 Å². The third-order valence-corrected chi connectivity index (χ3v) is 5.32. The molecule has 0 aliphatic rings. The van der Waals surface area contributed by atoms with E-state index in [9.17, 15) is 0 Å². The second-order valence-corrected chi connectivity index (χ2v) is 7.20. The van der Waals surface area contributed by atoms with Gasteiger partial charge >= 0.3 is 0 Å². The first-order valence-corrected chi connectivity index (χ1v) is 13.7. The predicted octanol–water partition coefficient (Wildman–Crippen LogP) is 10.7. The van der Waals surface area contributed by atoms with E-state index in [1.165, 1.54) is 33.0 Å². The van der Waals surface area contributed by atoms with Crippen LogP contribution in [0.4, 0.5) is 0 Å². The van der Waals surface area contributed by atoms with Crippen molar-refractivity contribution in [3.05, 3.63) is 108 Å². The fraction of sp³-hybridized carbons (Fsp3) is 0.273. The smallest absolute Gasteiger partial charge is 0.135 e. The molecule has 0 fully saturated rings. The number of aryl methyl sites for hydroxylation is 2. The number of rotatable bonds is 3. The number of para-hydroxylation sites is 1. The number of fused-ring (bicyclic) bond motifs is 3. The van der Waals surface area contributed by atoms with Crippen molar-refractivity contribution in [1.29, 1.82) is 0 Å². The summed E-state index contributed by atoms with van der Waals surface area (Å²) in [6.07, 6.45) is 3.87. The Morgan fingerprint density at radius 1 is 0.514 bits per heavy atom. The van der Waals surface area contributed by atoms with Gasteiger partial charge < -0.3 is 4.42 Å². The van der Waals surface area contributed by atoms with Gasteiger partial charge in [0.25, 0.3) is 0 Å². The van der Waals surface area contributed by atoms with Crippen LogP contribution >= 0.6 is 12.6 Å². The minimum Gasteiger partial charge on any atom is -0.456 e. The Labute approximate surface area is 218 Å². The molecule has 0 saturated heterocycles. The van der Waals surface area contributed by atoms with E-state index in [0.717, 1.165) is 24.0 Å². The molecule has 0 N–H and O–H groups in total. The minimum absolute atomic E-state index is 0.973. The lowest BCUT2D eigenvalue weighted by atomic mass is 10.0. The van der Waals surface area contributed by atoms with Crippen molar-refractivity contribution >= 4 is 34.6 Å². The Morgan fingerprint density at radius 2 is 1.00 bits per heavy atom. The van der Waals surface area contributed by atoms with E-state index in [0.29, 0.717) is 0 Å². The number of furan rings is 1. The lowest BCUT2D eigenvalue weighted by Gasteiger charge is -2.02. The summed E-state index contributed by atoms with van der Waals surface area (Å²) < 4.78 is 5.75. The second-order valence-electron chi connectivity index (χ2n) is 7.20. The molecule has 1 nitrogen and oxygen atoms in total. The van der Waals surface area contributed by atoms with Crippen LogP contribution in [0.25, 0.3) is 33.1 Å². The molecule has 4 aromatic carbocycles. The minimum atomic E-state index is 0.973. The molecule has 2 heteroatoms. The molecule has 0 atom stereocenters. The highest BCUT2D eigenvalue weighted by atomic mass is 32.1. The Hall–Kier alpha value is -2.97. The lowest BCUT2D eigenvalue weighted by molar-refractivity contribution is 0.669. The van der Waals surface area contributed by atoms with E-state index in [1.807, 2.05) is 45.9 Å². The van der Waals surface area contributed by atoms with E-state index in [-0.39, 0.29) is 0 Å². The normalized spacial score (nSPS) is 9.37. The molecule has 186 valence electrons. The molecule has 0 spiro atoms. The molecule has 5 aromatic rings. The van der Waals surface area contributed by atoms with Gasteiger partial charge in [0, 0.05) is 10.8 Å². The summed E-state index contributed by atoms with van der Waals surface area (Å²) in [6, 6.07) is 33.8. The van der Waals surface area contributed by atoms with E-state index in [1.54, 1.807) is 6.26 Å². The molecular formula is C33H42OS. The van der Waals surface area contributed by atoms with Crippen molar-refractivity contribution in [3.63, 3.8) is 0 Å². The maximum atomic E-state index is 5.75. The SMILES string of the molecule is CC.CC.CCc1ccc(-c2ccccc2)cc1.CCc1ccc2oc3ccccc3c2c1.CS. The average molecular weight is 487 g/mol. The maximum Gasteiger partial charge on any atom is 0.135 e. The van der Waals surface area contributed by atoms with Crippen LogP contribution in [0, 0.1) is 0 Å². The summed E-state index contributed by atoms with van der Waals surface area (Å²) in [6.45, 7) is 12.3. The van der Waals surface area contributed by atoms with Gasteiger partial charge in [-0.3, -0.25) is 0 Å². The molecular weight excluding hydrogens is 444 g/mol. The van der Waals surface area contributed by atoms with Crippen molar-refractivity contribution in [2.45, 2.75) is 54.4 Å². The molecule has 35 heavy (non-hydrogen) atoms. The first-order valence-electron chi connectivity index (χ1n) is 12.8. The van der Waals surface area contributed by atoms with E-state index < -0.39 is 0 Å². The number of thiol groups is 1. The quantitative estimate of drug-likeness (QED) is 0.250. The first kappa shape index (κ1) is 30.1. The van der Waals surface area contributed by atoms with Gasteiger partial charge in [-0.25, -0.2) is 0 Å². The monoisotopic (exact) mass is 486 g/mol. The predicted molar refractivity (Wildman–Crippen MR) is 162 cm³/mol. The highest BCUT2D eigenvalue weighted by Crippen LogP contribution is 2.29. The molecule has 1 heterocycles. The van der Waals surface area contributed by atoms with Gasteiger partial charge in [-0.2, -0.15) is 12.6 Å². The zero-order chi connectivity index (χ0) is 26.1. The number of hydrogen-bond acceptors (Lipinski definition) is 2. The fourth-order valence-electron chi connectivity index (χ4n) is 3.56. The molecule has 0 radical (unpaired) electrons. The van der Waals surface area contributed by atoms with Crippen LogP contribution in [0.3, 0.4) is 0 Å². The van der Waals surface area contributed by atoms with Gasteiger partial charge in [0.1, 0.15) is 11.2 Å². The van der Waals surface area contributed by atoms with Gasteiger partial charge in [-0.15, -0.1) is 0 Å². The maximum absolute atomic E-state index is 5.75. The van der Waals surface area contributed by atoms with Crippen molar-refractivity contribution in [2.24, 2.45) is 0 Å². The Bertz CT molecular complexity index is 1200. The highest BCUT2D eigenvalue weighted by molar-refractivity contribution is 7.79. The Morgan fingerprint density at radius 3 is 1.60 bits per heavy atom. The summed E-state index contributed by atoms with van der Waals surface area (Å²) >= 11 is 3.53. The van der Waals surface area contributed by atoms with Gasteiger partial charge in [0.2, 0.25) is 0 Å².